The summed E-state index contributed by atoms with van der Waals surface area (Å²) in [6.07, 6.45) is 1.16. The van der Waals surface area contributed by atoms with E-state index >= 15 is 0 Å². The number of hydrogen-bond donors (Lipinski definition) is 1. The number of rotatable bonds is 5. The van der Waals surface area contributed by atoms with Crippen LogP contribution in [0.25, 0.3) is 0 Å². The molecule has 1 atom stereocenters. The zero-order valence-electron chi connectivity index (χ0n) is 12.5. The van der Waals surface area contributed by atoms with E-state index in [0.29, 0.717) is 18.7 Å². The molecule has 0 saturated carbocycles. The minimum absolute atomic E-state index is 0.0392. The van der Waals surface area contributed by atoms with E-state index in [0.717, 1.165) is 19.5 Å². The van der Waals surface area contributed by atoms with E-state index in [4.69, 9.17) is 0 Å². The first-order chi connectivity index (χ1) is 10.1. The van der Waals surface area contributed by atoms with Gasteiger partial charge in [0.05, 0.1) is 13.0 Å². The van der Waals surface area contributed by atoms with E-state index in [9.17, 15) is 14.3 Å². The highest BCUT2D eigenvalue weighted by Gasteiger charge is 2.24. The van der Waals surface area contributed by atoms with E-state index in [1.54, 1.807) is 12.1 Å². The van der Waals surface area contributed by atoms with E-state index in [2.05, 4.69) is 11.8 Å². The number of piperazine rings is 1. The Morgan fingerprint density at radius 2 is 2.05 bits per heavy atom. The Kier molecular flexibility index (Phi) is 5.70. The van der Waals surface area contributed by atoms with Crippen LogP contribution in [0.2, 0.25) is 0 Å². The number of carbonyl (C=O) groups excluding carboxylic acids is 1. The molecule has 5 heteroatoms. The molecule has 0 aliphatic carbocycles. The van der Waals surface area contributed by atoms with E-state index in [1.165, 1.54) is 12.1 Å². The SMILES string of the molecule is CCC(CO)N1CCN(C(=O)Cc2cccc(F)c2)CC1. The van der Waals surface area contributed by atoms with Crippen LogP contribution in [0.1, 0.15) is 18.9 Å². The quantitative estimate of drug-likeness (QED) is 0.890. The van der Waals surface area contributed by atoms with Crippen LogP contribution in [-0.4, -0.2) is 59.6 Å². The monoisotopic (exact) mass is 294 g/mol. The molecule has 1 aromatic carbocycles. The zero-order chi connectivity index (χ0) is 15.2. The normalized spacial score (nSPS) is 17.8. The molecule has 0 bridgehead atoms. The Morgan fingerprint density at radius 3 is 2.62 bits per heavy atom. The molecule has 1 aliphatic rings. The van der Waals surface area contributed by atoms with E-state index in [-0.39, 0.29) is 30.8 Å². The number of aliphatic hydroxyl groups is 1. The van der Waals surface area contributed by atoms with Crippen molar-refractivity contribution in [1.82, 2.24) is 9.80 Å². The van der Waals surface area contributed by atoms with Crippen molar-refractivity contribution in [3.8, 4) is 0 Å². The maximum Gasteiger partial charge on any atom is 0.227 e. The third kappa shape index (κ3) is 4.25. The van der Waals surface area contributed by atoms with Crippen LogP contribution in [0.4, 0.5) is 4.39 Å². The molecule has 1 saturated heterocycles. The summed E-state index contributed by atoms with van der Waals surface area (Å²) < 4.78 is 13.1. The first-order valence-electron chi connectivity index (χ1n) is 7.51. The number of halogens is 1. The Morgan fingerprint density at radius 1 is 1.33 bits per heavy atom. The summed E-state index contributed by atoms with van der Waals surface area (Å²) >= 11 is 0. The van der Waals surface area contributed by atoms with Gasteiger partial charge in [0, 0.05) is 32.2 Å². The van der Waals surface area contributed by atoms with Crippen LogP contribution in [0.5, 0.6) is 0 Å². The highest BCUT2D eigenvalue weighted by molar-refractivity contribution is 5.78. The second kappa shape index (κ2) is 7.52. The van der Waals surface area contributed by atoms with Gasteiger partial charge in [-0.1, -0.05) is 19.1 Å². The van der Waals surface area contributed by atoms with Gasteiger partial charge in [-0.05, 0) is 24.1 Å². The van der Waals surface area contributed by atoms with Gasteiger partial charge >= 0.3 is 0 Å². The molecule has 0 aromatic heterocycles. The molecule has 1 unspecified atom stereocenters. The molecule has 1 amide bonds. The van der Waals surface area contributed by atoms with E-state index < -0.39 is 0 Å². The molecular formula is C16H23FN2O2. The minimum atomic E-state index is -0.307. The summed E-state index contributed by atoms with van der Waals surface area (Å²) in [6, 6.07) is 6.38. The van der Waals surface area contributed by atoms with Crippen LogP contribution in [0.15, 0.2) is 24.3 Å². The van der Waals surface area contributed by atoms with Crippen molar-refractivity contribution in [3.63, 3.8) is 0 Å². The van der Waals surface area contributed by atoms with E-state index in [1.807, 2.05) is 4.90 Å². The Bertz CT molecular complexity index is 469. The summed E-state index contributed by atoms with van der Waals surface area (Å²) in [5.41, 5.74) is 0.712. The van der Waals surface area contributed by atoms with Crippen LogP contribution < -0.4 is 0 Å². The highest BCUT2D eigenvalue weighted by atomic mass is 19.1. The van der Waals surface area contributed by atoms with Gasteiger partial charge in [0.2, 0.25) is 5.91 Å². The summed E-state index contributed by atoms with van der Waals surface area (Å²) in [4.78, 5) is 16.3. The second-order valence-corrected chi connectivity index (χ2v) is 5.47. The Hall–Kier alpha value is -1.46. The van der Waals surface area contributed by atoms with Gasteiger partial charge in [-0.3, -0.25) is 9.69 Å². The topological polar surface area (TPSA) is 43.8 Å². The molecule has 2 rings (SSSR count). The molecule has 1 aliphatic heterocycles. The standard InChI is InChI=1S/C16H23FN2O2/c1-2-15(12-20)18-6-8-19(9-7-18)16(21)11-13-4-3-5-14(17)10-13/h3-5,10,15,20H,2,6-9,11-12H2,1H3. The zero-order valence-corrected chi connectivity index (χ0v) is 12.5. The lowest BCUT2D eigenvalue weighted by Gasteiger charge is -2.38. The molecule has 1 heterocycles. The lowest BCUT2D eigenvalue weighted by atomic mass is 10.1. The van der Waals surface area contributed by atoms with Crippen molar-refractivity contribution in [2.75, 3.05) is 32.8 Å². The molecular weight excluding hydrogens is 271 g/mol. The van der Waals surface area contributed by atoms with Gasteiger partial charge in [-0.2, -0.15) is 0 Å². The van der Waals surface area contributed by atoms with Gasteiger partial charge < -0.3 is 10.0 Å². The van der Waals surface area contributed by atoms with Gasteiger partial charge in [-0.25, -0.2) is 4.39 Å². The van der Waals surface area contributed by atoms with Gasteiger partial charge in [0.1, 0.15) is 5.82 Å². The number of benzene rings is 1. The summed E-state index contributed by atoms with van der Waals surface area (Å²) in [7, 11) is 0. The predicted octanol–water partition coefficient (Wildman–Crippen LogP) is 1.28. The molecule has 21 heavy (non-hydrogen) atoms. The average molecular weight is 294 g/mol. The summed E-state index contributed by atoms with van der Waals surface area (Å²) in [5.74, 6) is -0.267. The lowest BCUT2D eigenvalue weighted by Crippen LogP contribution is -2.53. The van der Waals surface area contributed by atoms with Crippen LogP contribution in [0, 0.1) is 5.82 Å². The van der Waals surface area contributed by atoms with Gasteiger partial charge in [-0.15, -0.1) is 0 Å². The fraction of sp³-hybridized carbons (Fsp3) is 0.562. The number of nitrogens with zero attached hydrogens (tertiary/aromatic N) is 2. The molecule has 1 N–H and O–H groups in total. The summed E-state index contributed by atoms with van der Waals surface area (Å²) in [6.45, 7) is 5.13. The lowest BCUT2D eigenvalue weighted by molar-refractivity contribution is -0.132. The van der Waals surface area contributed by atoms with Gasteiger partial charge in [0.15, 0.2) is 0 Å². The van der Waals surface area contributed by atoms with Crippen LogP contribution in [0.3, 0.4) is 0 Å². The largest absolute Gasteiger partial charge is 0.395 e. The Labute approximate surface area is 125 Å². The van der Waals surface area contributed by atoms with Crippen molar-refractivity contribution in [1.29, 1.82) is 0 Å². The third-order valence-corrected chi connectivity index (χ3v) is 4.11. The molecule has 116 valence electrons. The summed E-state index contributed by atoms with van der Waals surface area (Å²) in [5, 5.41) is 9.32. The molecule has 0 radical (unpaired) electrons. The number of carbonyl (C=O) groups is 1. The highest BCUT2D eigenvalue weighted by Crippen LogP contribution is 2.11. The van der Waals surface area contributed by atoms with Crippen LogP contribution in [-0.2, 0) is 11.2 Å². The average Bonchev–Trinajstić information content (AvgIpc) is 2.49. The second-order valence-electron chi connectivity index (χ2n) is 5.47. The number of hydrogen-bond acceptors (Lipinski definition) is 3. The maximum absolute atomic E-state index is 13.1. The maximum atomic E-state index is 13.1. The number of amides is 1. The smallest absolute Gasteiger partial charge is 0.227 e. The predicted molar refractivity (Wildman–Crippen MR) is 79.4 cm³/mol. The van der Waals surface area contributed by atoms with Gasteiger partial charge in [0.25, 0.3) is 0 Å². The first-order valence-corrected chi connectivity index (χ1v) is 7.51. The van der Waals surface area contributed by atoms with Crippen molar-refractivity contribution in [2.24, 2.45) is 0 Å². The number of aliphatic hydroxyl groups excluding tert-OH is 1. The van der Waals surface area contributed by atoms with Crippen molar-refractivity contribution < 1.29 is 14.3 Å². The van der Waals surface area contributed by atoms with Crippen molar-refractivity contribution >= 4 is 5.91 Å². The third-order valence-electron chi connectivity index (χ3n) is 4.11. The molecule has 4 nitrogen and oxygen atoms in total. The van der Waals surface area contributed by atoms with Crippen molar-refractivity contribution in [2.45, 2.75) is 25.8 Å². The fourth-order valence-corrected chi connectivity index (χ4v) is 2.77. The molecule has 1 fully saturated rings. The molecule has 1 aromatic rings. The molecule has 0 spiro atoms. The van der Waals surface area contributed by atoms with Crippen molar-refractivity contribution in [3.05, 3.63) is 35.6 Å². The van der Waals surface area contributed by atoms with Crippen LogP contribution >= 0.6 is 0 Å². The Balaban J connectivity index is 1.86. The first kappa shape index (κ1) is 15.9. The minimum Gasteiger partial charge on any atom is -0.395 e. The fourth-order valence-electron chi connectivity index (χ4n) is 2.77.